The van der Waals surface area contributed by atoms with E-state index in [2.05, 4.69) is 27.2 Å². The number of ether oxygens (including phenoxy) is 2. The van der Waals surface area contributed by atoms with Gasteiger partial charge in [-0.1, -0.05) is 22.5 Å². The zero-order chi connectivity index (χ0) is 10.1. The predicted octanol–water partition coefficient (Wildman–Crippen LogP) is 0.696. The Morgan fingerprint density at radius 3 is 2.62 bits per heavy atom. The molecule has 0 saturated heterocycles. The SMILES string of the molecule is C=CC(=O)OCCOCC(=O)CBr. The second kappa shape index (κ2) is 7.94. The average Bonchev–Trinajstić information content (AvgIpc) is 2.16. The average molecular weight is 251 g/mol. The number of esters is 1. The van der Waals surface area contributed by atoms with E-state index in [1.54, 1.807) is 0 Å². The van der Waals surface area contributed by atoms with Gasteiger partial charge in [-0.3, -0.25) is 4.79 Å². The van der Waals surface area contributed by atoms with Gasteiger partial charge in [0.2, 0.25) is 0 Å². The van der Waals surface area contributed by atoms with E-state index in [0.717, 1.165) is 6.08 Å². The van der Waals surface area contributed by atoms with E-state index >= 15 is 0 Å². The molecule has 0 amide bonds. The summed E-state index contributed by atoms with van der Waals surface area (Å²) in [7, 11) is 0. The highest BCUT2D eigenvalue weighted by Gasteiger charge is 1.99. The van der Waals surface area contributed by atoms with E-state index in [9.17, 15) is 9.59 Å². The molecule has 0 N–H and O–H groups in total. The Bertz CT molecular complexity index is 191. The highest BCUT2D eigenvalue weighted by Crippen LogP contribution is 1.85. The van der Waals surface area contributed by atoms with Gasteiger partial charge in [0.25, 0.3) is 0 Å². The number of hydrogen-bond donors (Lipinski definition) is 0. The number of ketones is 1. The number of Topliss-reactive ketones (excluding diaryl/α,β-unsaturated/α-hetero) is 1. The van der Waals surface area contributed by atoms with Crippen LogP contribution in [0.4, 0.5) is 0 Å². The lowest BCUT2D eigenvalue weighted by atomic mass is 10.5. The fourth-order valence-electron chi connectivity index (χ4n) is 0.485. The van der Waals surface area contributed by atoms with Crippen LogP contribution in [0.1, 0.15) is 0 Å². The third-order valence-electron chi connectivity index (χ3n) is 1.05. The van der Waals surface area contributed by atoms with Gasteiger partial charge in [0.1, 0.15) is 13.2 Å². The molecule has 0 bridgehead atoms. The predicted molar refractivity (Wildman–Crippen MR) is 50.8 cm³/mol. The fraction of sp³-hybridized carbons (Fsp3) is 0.500. The molecule has 0 fully saturated rings. The van der Waals surface area contributed by atoms with Crippen molar-refractivity contribution < 1.29 is 19.1 Å². The molecule has 0 unspecified atom stereocenters. The number of hydrogen-bond acceptors (Lipinski definition) is 4. The molecule has 5 heteroatoms. The van der Waals surface area contributed by atoms with Crippen LogP contribution in [0.15, 0.2) is 12.7 Å². The lowest BCUT2D eigenvalue weighted by Crippen LogP contribution is -2.14. The minimum atomic E-state index is -0.490. The number of carbonyl (C=O) groups is 2. The first kappa shape index (κ1) is 12.3. The van der Waals surface area contributed by atoms with Gasteiger partial charge in [-0.05, 0) is 0 Å². The Kier molecular flexibility index (Phi) is 7.53. The van der Waals surface area contributed by atoms with Gasteiger partial charge in [-0.2, -0.15) is 0 Å². The molecular formula is C8H11BrO4. The van der Waals surface area contributed by atoms with Gasteiger partial charge < -0.3 is 9.47 Å². The summed E-state index contributed by atoms with van der Waals surface area (Å²) in [5.74, 6) is -0.537. The van der Waals surface area contributed by atoms with Gasteiger partial charge in [-0.15, -0.1) is 0 Å². The Hall–Kier alpha value is -0.680. The number of halogens is 1. The molecule has 74 valence electrons. The molecule has 0 heterocycles. The summed E-state index contributed by atoms with van der Waals surface area (Å²) >= 11 is 2.99. The summed E-state index contributed by atoms with van der Waals surface area (Å²) < 4.78 is 9.49. The molecule has 0 aromatic heterocycles. The Balaban J connectivity index is 3.21. The lowest BCUT2D eigenvalue weighted by molar-refractivity contribution is -0.139. The molecule has 0 aliphatic carbocycles. The van der Waals surface area contributed by atoms with E-state index in [-0.39, 0.29) is 30.9 Å². The minimum Gasteiger partial charge on any atom is -0.460 e. The summed E-state index contributed by atoms with van der Waals surface area (Å²) in [5.41, 5.74) is 0. The normalized spacial score (nSPS) is 9.31. The van der Waals surface area contributed by atoms with Crippen molar-refractivity contribution >= 4 is 27.7 Å². The van der Waals surface area contributed by atoms with Crippen molar-refractivity contribution in [2.45, 2.75) is 0 Å². The fourth-order valence-corrected chi connectivity index (χ4v) is 0.647. The molecule has 4 nitrogen and oxygen atoms in total. The van der Waals surface area contributed by atoms with Crippen molar-refractivity contribution in [3.05, 3.63) is 12.7 Å². The number of alkyl halides is 1. The zero-order valence-corrected chi connectivity index (χ0v) is 8.71. The molecule has 0 aliphatic rings. The van der Waals surface area contributed by atoms with Crippen LogP contribution in [0.25, 0.3) is 0 Å². The lowest BCUT2D eigenvalue weighted by Gasteiger charge is -2.02. The maximum Gasteiger partial charge on any atom is 0.330 e. The van der Waals surface area contributed by atoms with E-state index in [0.29, 0.717) is 0 Å². The quantitative estimate of drug-likeness (QED) is 0.289. The monoisotopic (exact) mass is 250 g/mol. The first-order valence-electron chi connectivity index (χ1n) is 3.65. The second-order valence-corrected chi connectivity index (χ2v) is 2.66. The van der Waals surface area contributed by atoms with Crippen molar-refractivity contribution in [3.63, 3.8) is 0 Å². The molecule has 0 atom stereocenters. The minimum absolute atomic E-state index is 0.0386. The largest absolute Gasteiger partial charge is 0.460 e. The Morgan fingerprint density at radius 1 is 1.38 bits per heavy atom. The first-order valence-corrected chi connectivity index (χ1v) is 4.77. The molecule has 13 heavy (non-hydrogen) atoms. The topological polar surface area (TPSA) is 52.6 Å². The summed E-state index contributed by atoms with van der Waals surface area (Å²) in [4.78, 5) is 21.2. The molecular weight excluding hydrogens is 240 g/mol. The van der Waals surface area contributed by atoms with Gasteiger partial charge in [0.05, 0.1) is 11.9 Å². The van der Waals surface area contributed by atoms with E-state index in [1.807, 2.05) is 0 Å². The Labute approximate surface area is 85.0 Å². The smallest absolute Gasteiger partial charge is 0.330 e. The zero-order valence-electron chi connectivity index (χ0n) is 7.12. The molecule has 0 aromatic carbocycles. The van der Waals surface area contributed by atoms with Crippen LogP contribution in [-0.2, 0) is 19.1 Å². The molecule has 0 rings (SSSR count). The van der Waals surface area contributed by atoms with Crippen LogP contribution >= 0.6 is 15.9 Å². The molecule has 0 aliphatic heterocycles. The van der Waals surface area contributed by atoms with Crippen molar-refractivity contribution in [1.29, 1.82) is 0 Å². The van der Waals surface area contributed by atoms with Crippen LogP contribution in [0, 0.1) is 0 Å². The number of rotatable bonds is 7. The van der Waals surface area contributed by atoms with Crippen LogP contribution in [0.5, 0.6) is 0 Å². The van der Waals surface area contributed by atoms with Crippen LogP contribution in [-0.4, -0.2) is 36.9 Å². The third kappa shape index (κ3) is 7.67. The molecule has 0 spiro atoms. The van der Waals surface area contributed by atoms with Crippen LogP contribution in [0.3, 0.4) is 0 Å². The number of carbonyl (C=O) groups excluding carboxylic acids is 2. The Morgan fingerprint density at radius 2 is 2.08 bits per heavy atom. The molecule has 0 aromatic rings. The summed E-state index contributed by atoms with van der Waals surface area (Å²) in [5, 5.41) is 0.277. The second-order valence-electron chi connectivity index (χ2n) is 2.10. The van der Waals surface area contributed by atoms with E-state index < -0.39 is 5.97 Å². The van der Waals surface area contributed by atoms with Crippen molar-refractivity contribution in [2.75, 3.05) is 25.2 Å². The van der Waals surface area contributed by atoms with Gasteiger partial charge in [0, 0.05) is 6.08 Å². The van der Waals surface area contributed by atoms with E-state index in [1.165, 1.54) is 0 Å². The summed E-state index contributed by atoms with van der Waals surface area (Å²) in [6, 6.07) is 0. The van der Waals surface area contributed by atoms with Crippen molar-refractivity contribution in [3.8, 4) is 0 Å². The van der Waals surface area contributed by atoms with Gasteiger partial charge >= 0.3 is 5.97 Å². The van der Waals surface area contributed by atoms with Crippen LogP contribution in [0.2, 0.25) is 0 Å². The highest BCUT2D eigenvalue weighted by molar-refractivity contribution is 9.09. The maximum absolute atomic E-state index is 10.7. The highest BCUT2D eigenvalue weighted by atomic mass is 79.9. The maximum atomic E-state index is 10.7. The standard InChI is InChI=1S/C8H11BrO4/c1-2-8(11)13-4-3-12-6-7(10)5-9/h2H,1,3-6H2. The third-order valence-corrected chi connectivity index (χ3v) is 1.68. The summed E-state index contributed by atoms with van der Waals surface area (Å²) in [6.45, 7) is 3.62. The van der Waals surface area contributed by atoms with Gasteiger partial charge in [-0.25, -0.2) is 4.79 Å². The van der Waals surface area contributed by atoms with E-state index in [4.69, 9.17) is 4.74 Å². The van der Waals surface area contributed by atoms with Crippen LogP contribution < -0.4 is 0 Å². The summed E-state index contributed by atoms with van der Waals surface area (Å²) in [6.07, 6.45) is 1.07. The van der Waals surface area contributed by atoms with Crippen molar-refractivity contribution in [2.24, 2.45) is 0 Å². The van der Waals surface area contributed by atoms with Crippen molar-refractivity contribution in [1.82, 2.24) is 0 Å². The molecule has 0 saturated carbocycles. The molecule has 0 radical (unpaired) electrons. The van der Waals surface area contributed by atoms with Gasteiger partial charge in [0.15, 0.2) is 5.78 Å². The first-order chi connectivity index (χ1) is 6.20.